The fourth-order valence-electron chi connectivity index (χ4n) is 2.15. The number of nitrogens with one attached hydrogen (secondary N) is 2. The maximum absolute atomic E-state index is 11.5. The van der Waals surface area contributed by atoms with Gasteiger partial charge >= 0.3 is 0 Å². The number of aliphatic hydroxyl groups excluding tert-OH is 1. The first-order chi connectivity index (χ1) is 11.6. The van der Waals surface area contributed by atoms with E-state index >= 15 is 0 Å². The summed E-state index contributed by atoms with van der Waals surface area (Å²) in [5.41, 5.74) is 2.00. The highest BCUT2D eigenvalue weighted by atomic mass is 35.5. The van der Waals surface area contributed by atoms with Gasteiger partial charge in [0.05, 0.1) is 6.61 Å². The summed E-state index contributed by atoms with van der Waals surface area (Å²) < 4.78 is 5.72. The van der Waals surface area contributed by atoms with Crippen LogP contribution >= 0.6 is 11.6 Å². The number of hydrogen-bond donors (Lipinski definition) is 3. The molecule has 5 nitrogen and oxygen atoms in total. The van der Waals surface area contributed by atoms with Gasteiger partial charge in [0, 0.05) is 18.6 Å². The third-order valence-corrected chi connectivity index (χ3v) is 3.75. The summed E-state index contributed by atoms with van der Waals surface area (Å²) >= 11 is 5.94. The number of halogens is 1. The molecule has 2 rings (SSSR count). The van der Waals surface area contributed by atoms with Crippen molar-refractivity contribution in [3.05, 3.63) is 64.7 Å². The number of carbonyl (C=O) groups excluding carboxylic acids is 1. The molecular formula is C18H21ClN2O3. The van der Waals surface area contributed by atoms with Gasteiger partial charge in [0.15, 0.2) is 0 Å². The van der Waals surface area contributed by atoms with Crippen LogP contribution in [0.25, 0.3) is 0 Å². The van der Waals surface area contributed by atoms with Crippen LogP contribution in [0.2, 0.25) is 5.02 Å². The van der Waals surface area contributed by atoms with Crippen molar-refractivity contribution in [3.63, 3.8) is 0 Å². The van der Waals surface area contributed by atoms with E-state index in [9.17, 15) is 9.90 Å². The molecule has 0 saturated carbocycles. The molecular weight excluding hydrogens is 328 g/mol. The van der Waals surface area contributed by atoms with Gasteiger partial charge in [-0.1, -0.05) is 35.9 Å². The van der Waals surface area contributed by atoms with Crippen LogP contribution in [0.3, 0.4) is 0 Å². The summed E-state index contributed by atoms with van der Waals surface area (Å²) in [7, 11) is 1.54. The van der Waals surface area contributed by atoms with Crippen molar-refractivity contribution in [2.75, 3.05) is 13.7 Å². The Kier molecular flexibility index (Phi) is 7.06. The van der Waals surface area contributed by atoms with Crippen molar-refractivity contribution in [2.45, 2.75) is 19.2 Å². The van der Waals surface area contributed by atoms with Gasteiger partial charge in [-0.2, -0.15) is 0 Å². The molecule has 0 aromatic heterocycles. The SMILES string of the molecule is CNC(=O)[C@H](CO)NCc1ccc(OCc2cccc(Cl)c2)cc1. The molecule has 1 atom stereocenters. The van der Waals surface area contributed by atoms with Crippen LogP contribution in [0.4, 0.5) is 0 Å². The van der Waals surface area contributed by atoms with Crippen molar-refractivity contribution in [1.82, 2.24) is 10.6 Å². The Bertz CT molecular complexity index is 662. The van der Waals surface area contributed by atoms with Crippen LogP contribution in [0.15, 0.2) is 48.5 Å². The lowest BCUT2D eigenvalue weighted by Crippen LogP contribution is -2.44. The van der Waals surface area contributed by atoms with Crippen LogP contribution in [0.1, 0.15) is 11.1 Å². The summed E-state index contributed by atoms with van der Waals surface area (Å²) in [6.07, 6.45) is 0. The van der Waals surface area contributed by atoms with E-state index in [0.29, 0.717) is 18.2 Å². The molecule has 2 aromatic rings. The van der Waals surface area contributed by atoms with Crippen molar-refractivity contribution >= 4 is 17.5 Å². The minimum absolute atomic E-state index is 0.237. The third kappa shape index (κ3) is 5.53. The molecule has 128 valence electrons. The first-order valence-electron chi connectivity index (χ1n) is 7.64. The first kappa shape index (κ1) is 18.3. The van der Waals surface area contributed by atoms with Gasteiger partial charge in [0.25, 0.3) is 0 Å². The van der Waals surface area contributed by atoms with Gasteiger partial charge in [-0.15, -0.1) is 0 Å². The highest BCUT2D eigenvalue weighted by Crippen LogP contribution is 2.16. The van der Waals surface area contributed by atoms with E-state index in [1.807, 2.05) is 48.5 Å². The Morgan fingerprint density at radius 1 is 1.21 bits per heavy atom. The smallest absolute Gasteiger partial charge is 0.239 e. The van der Waals surface area contributed by atoms with E-state index in [0.717, 1.165) is 16.9 Å². The maximum Gasteiger partial charge on any atom is 0.239 e. The Morgan fingerprint density at radius 2 is 1.96 bits per heavy atom. The second-order valence-corrected chi connectivity index (χ2v) is 5.73. The van der Waals surface area contributed by atoms with E-state index < -0.39 is 6.04 Å². The molecule has 0 radical (unpaired) electrons. The molecule has 0 aliphatic heterocycles. The van der Waals surface area contributed by atoms with Crippen LogP contribution in [0, 0.1) is 0 Å². The number of benzene rings is 2. The molecule has 2 aromatic carbocycles. The summed E-state index contributed by atoms with van der Waals surface area (Å²) in [5.74, 6) is 0.516. The zero-order valence-electron chi connectivity index (χ0n) is 13.5. The zero-order valence-corrected chi connectivity index (χ0v) is 14.2. The lowest BCUT2D eigenvalue weighted by Gasteiger charge is -2.14. The average Bonchev–Trinajstić information content (AvgIpc) is 2.61. The van der Waals surface area contributed by atoms with Crippen molar-refractivity contribution < 1.29 is 14.6 Å². The second kappa shape index (κ2) is 9.27. The number of hydrogen-bond acceptors (Lipinski definition) is 4. The van der Waals surface area contributed by atoms with Gasteiger partial charge < -0.3 is 15.2 Å². The summed E-state index contributed by atoms with van der Waals surface area (Å²) in [6.45, 7) is 0.676. The predicted octanol–water partition coefficient (Wildman–Crippen LogP) is 2.12. The summed E-state index contributed by atoms with van der Waals surface area (Å²) in [5, 5.41) is 15.4. The molecule has 0 bridgehead atoms. The lowest BCUT2D eigenvalue weighted by molar-refractivity contribution is -0.123. The van der Waals surface area contributed by atoms with Crippen LogP contribution in [0.5, 0.6) is 5.75 Å². The van der Waals surface area contributed by atoms with Gasteiger partial charge in [0.2, 0.25) is 5.91 Å². The quantitative estimate of drug-likeness (QED) is 0.683. The molecule has 24 heavy (non-hydrogen) atoms. The number of likely N-dealkylation sites (N-methyl/N-ethyl adjacent to an activating group) is 1. The van der Waals surface area contributed by atoms with Gasteiger partial charge in [-0.05, 0) is 35.4 Å². The van der Waals surface area contributed by atoms with E-state index in [1.54, 1.807) is 7.05 Å². The minimum atomic E-state index is -0.617. The number of aliphatic hydroxyl groups is 1. The topological polar surface area (TPSA) is 70.6 Å². The van der Waals surface area contributed by atoms with E-state index in [2.05, 4.69) is 10.6 Å². The molecule has 3 N–H and O–H groups in total. The fourth-order valence-corrected chi connectivity index (χ4v) is 2.37. The zero-order chi connectivity index (χ0) is 17.4. The van der Waals surface area contributed by atoms with Gasteiger partial charge in [0.1, 0.15) is 18.4 Å². The van der Waals surface area contributed by atoms with Crippen LogP contribution in [-0.2, 0) is 17.9 Å². The van der Waals surface area contributed by atoms with Crippen LogP contribution in [-0.4, -0.2) is 30.7 Å². The van der Waals surface area contributed by atoms with E-state index in [4.69, 9.17) is 16.3 Å². The van der Waals surface area contributed by atoms with E-state index in [1.165, 1.54) is 0 Å². The summed E-state index contributed by atoms with van der Waals surface area (Å²) in [4.78, 5) is 11.5. The van der Waals surface area contributed by atoms with E-state index in [-0.39, 0.29) is 12.5 Å². The summed E-state index contributed by atoms with van der Waals surface area (Å²) in [6, 6.07) is 14.5. The van der Waals surface area contributed by atoms with Crippen molar-refractivity contribution in [2.24, 2.45) is 0 Å². The molecule has 0 fully saturated rings. The lowest BCUT2D eigenvalue weighted by atomic mass is 10.2. The van der Waals surface area contributed by atoms with Gasteiger partial charge in [-0.3, -0.25) is 10.1 Å². The Balaban J connectivity index is 1.85. The first-order valence-corrected chi connectivity index (χ1v) is 8.02. The number of carbonyl (C=O) groups is 1. The molecule has 1 amide bonds. The monoisotopic (exact) mass is 348 g/mol. The largest absolute Gasteiger partial charge is 0.489 e. The number of ether oxygens (including phenoxy) is 1. The molecule has 6 heteroatoms. The standard InChI is InChI=1S/C18H21ClN2O3/c1-20-18(23)17(11-22)21-10-13-5-7-16(8-6-13)24-12-14-3-2-4-15(19)9-14/h2-9,17,21-22H,10-12H2,1H3,(H,20,23)/t17-/m0/s1. The molecule has 0 aliphatic rings. The second-order valence-electron chi connectivity index (χ2n) is 5.29. The van der Waals surface area contributed by atoms with Crippen molar-refractivity contribution in [3.8, 4) is 5.75 Å². The predicted molar refractivity (Wildman–Crippen MR) is 94.0 cm³/mol. The maximum atomic E-state index is 11.5. The number of amides is 1. The average molecular weight is 349 g/mol. The molecule has 0 heterocycles. The highest BCUT2D eigenvalue weighted by molar-refractivity contribution is 6.30. The normalized spacial score (nSPS) is 11.8. The highest BCUT2D eigenvalue weighted by Gasteiger charge is 2.14. The molecule has 0 spiro atoms. The molecule has 0 saturated heterocycles. The third-order valence-electron chi connectivity index (χ3n) is 3.52. The Morgan fingerprint density at radius 3 is 2.58 bits per heavy atom. The molecule has 0 aliphatic carbocycles. The number of rotatable bonds is 8. The van der Waals surface area contributed by atoms with Crippen molar-refractivity contribution in [1.29, 1.82) is 0 Å². The molecule has 0 unspecified atom stereocenters. The van der Waals surface area contributed by atoms with Gasteiger partial charge in [-0.25, -0.2) is 0 Å². The Hall–Kier alpha value is -2.08. The Labute approximate surface area is 146 Å². The minimum Gasteiger partial charge on any atom is -0.489 e. The fraction of sp³-hybridized carbons (Fsp3) is 0.278. The van der Waals surface area contributed by atoms with Crippen LogP contribution < -0.4 is 15.4 Å².